The first-order valence-corrected chi connectivity index (χ1v) is 9.23. The Hall–Kier alpha value is -0.880. The molecule has 3 rings (SSSR count). The number of hydrogen-bond donors (Lipinski definition) is 0. The summed E-state index contributed by atoms with van der Waals surface area (Å²) in [6, 6.07) is 5.95. The lowest BCUT2D eigenvalue weighted by Gasteiger charge is -2.33. The van der Waals surface area contributed by atoms with Crippen molar-refractivity contribution in [1.29, 1.82) is 0 Å². The second-order valence-electron chi connectivity index (χ2n) is 5.70. The minimum atomic E-state index is -2.91. The number of nitrogens with zero attached hydrogens (tertiary/aromatic N) is 1. The molecule has 0 bridgehead atoms. The highest BCUT2D eigenvalue weighted by molar-refractivity contribution is 9.10. The summed E-state index contributed by atoms with van der Waals surface area (Å²) in [7, 11) is -2.91. The standard InChI is InChI=1S/C14H16BrNO3S/c1-10(17)16-9-14(4-6-20(18,19)7-5-14)12-3-2-11(15)8-13(12)16/h2-3,8H,4-7,9H2,1H3. The number of carbonyl (C=O) groups excluding carboxylic acids is 1. The van der Waals surface area contributed by atoms with Crippen LogP contribution in [0.15, 0.2) is 22.7 Å². The molecule has 0 aromatic heterocycles. The van der Waals surface area contributed by atoms with Crippen molar-refractivity contribution in [3.63, 3.8) is 0 Å². The van der Waals surface area contributed by atoms with Gasteiger partial charge in [-0.2, -0.15) is 0 Å². The van der Waals surface area contributed by atoms with Crippen LogP contribution in [0.3, 0.4) is 0 Å². The van der Waals surface area contributed by atoms with Crippen LogP contribution in [0.4, 0.5) is 5.69 Å². The fourth-order valence-electron chi connectivity index (χ4n) is 3.29. The molecule has 0 radical (unpaired) electrons. The second kappa shape index (κ2) is 4.56. The maximum Gasteiger partial charge on any atom is 0.223 e. The molecule has 0 saturated carbocycles. The van der Waals surface area contributed by atoms with Gasteiger partial charge in [0.1, 0.15) is 9.84 Å². The van der Waals surface area contributed by atoms with Crippen molar-refractivity contribution in [3.05, 3.63) is 28.2 Å². The molecule has 0 aliphatic carbocycles. The molecular weight excluding hydrogens is 342 g/mol. The molecule has 2 aliphatic rings. The van der Waals surface area contributed by atoms with E-state index in [9.17, 15) is 13.2 Å². The predicted octanol–water partition coefficient (Wildman–Crippen LogP) is 2.26. The quantitative estimate of drug-likeness (QED) is 0.715. The van der Waals surface area contributed by atoms with Gasteiger partial charge in [0.25, 0.3) is 0 Å². The van der Waals surface area contributed by atoms with Crippen molar-refractivity contribution >= 4 is 37.4 Å². The van der Waals surface area contributed by atoms with Crippen LogP contribution in [0.2, 0.25) is 0 Å². The monoisotopic (exact) mass is 357 g/mol. The maximum absolute atomic E-state index is 11.9. The molecule has 4 nitrogen and oxygen atoms in total. The molecule has 1 fully saturated rings. The first-order chi connectivity index (χ1) is 9.33. The number of hydrogen-bond acceptors (Lipinski definition) is 3. The van der Waals surface area contributed by atoms with Crippen LogP contribution in [0.1, 0.15) is 25.3 Å². The molecule has 0 N–H and O–H groups in total. The van der Waals surface area contributed by atoms with Gasteiger partial charge in [-0.1, -0.05) is 22.0 Å². The number of rotatable bonds is 0. The van der Waals surface area contributed by atoms with E-state index in [0.717, 1.165) is 15.7 Å². The lowest BCUT2D eigenvalue weighted by Crippen LogP contribution is -2.42. The number of amides is 1. The summed E-state index contributed by atoms with van der Waals surface area (Å²) in [5.74, 6) is 0.442. The largest absolute Gasteiger partial charge is 0.311 e. The summed E-state index contributed by atoms with van der Waals surface area (Å²) in [5.41, 5.74) is 1.85. The topological polar surface area (TPSA) is 54.5 Å². The lowest BCUT2D eigenvalue weighted by atomic mass is 9.77. The van der Waals surface area contributed by atoms with E-state index < -0.39 is 9.84 Å². The molecule has 1 aromatic carbocycles. The average molecular weight is 358 g/mol. The Kier molecular flexibility index (Phi) is 3.21. The first-order valence-electron chi connectivity index (χ1n) is 6.62. The predicted molar refractivity (Wildman–Crippen MR) is 81.7 cm³/mol. The zero-order valence-corrected chi connectivity index (χ0v) is 13.6. The summed E-state index contributed by atoms with van der Waals surface area (Å²) in [5, 5.41) is 0. The number of halogens is 1. The van der Waals surface area contributed by atoms with Crippen molar-refractivity contribution in [1.82, 2.24) is 0 Å². The molecule has 0 atom stereocenters. The molecule has 108 valence electrons. The van der Waals surface area contributed by atoms with E-state index in [1.807, 2.05) is 18.2 Å². The van der Waals surface area contributed by atoms with Gasteiger partial charge in [-0.3, -0.25) is 4.79 Å². The Balaban J connectivity index is 2.07. The molecule has 2 heterocycles. The van der Waals surface area contributed by atoms with E-state index in [-0.39, 0.29) is 22.8 Å². The SMILES string of the molecule is CC(=O)N1CC2(CCS(=O)(=O)CC2)c2ccc(Br)cc21. The van der Waals surface area contributed by atoms with Gasteiger partial charge in [-0.05, 0) is 30.5 Å². The molecule has 6 heteroatoms. The zero-order valence-electron chi connectivity index (χ0n) is 11.2. The van der Waals surface area contributed by atoms with Gasteiger partial charge in [0.05, 0.1) is 11.5 Å². The van der Waals surface area contributed by atoms with Gasteiger partial charge < -0.3 is 4.90 Å². The van der Waals surface area contributed by atoms with Crippen LogP contribution in [0.25, 0.3) is 0 Å². The highest BCUT2D eigenvalue weighted by atomic mass is 79.9. The van der Waals surface area contributed by atoms with Crippen molar-refractivity contribution in [2.45, 2.75) is 25.2 Å². The minimum Gasteiger partial charge on any atom is -0.311 e. The molecule has 1 spiro atoms. The van der Waals surface area contributed by atoms with Crippen LogP contribution in [-0.2, 0) is 20.0 Å². The van der Waals surface area contributed by atoms with Gasteiger partial charge in [0.2, 0.25) is 5.91 Å². The Morgan fingerprint density at radius 1 is 1.30 bits per heavy atom. The van der Waals surface area contributed by atoms with Crippen molar-refractivity contribution in [3.8, 4) is 0 Å². The van der Waals surface area contributed by atoms with Crippen LogP contribution in [0.5, 0.6) is 0 Å². The summed E-state index contributed by atoms with van der Waals surface area (Å²) in [4.78, 5) is 13.6. The molecule has 1 aromatic rings. The molecular formula is C14H16BrNO3S. The fraction of sp³-hybridized carbons (Fsp3) is 0.500. The third kappa shape index (κ3) is 2.19. The van der Waals surface area contributed by atoms with E-state index in [0.29, 0.717) is 19.4 Å². The van der Waals surface area contributed by atoms with Crippen LogP contribution in [-0.4, -0.2) is 32.4 Å². The summed E-state index contributed by atoms with van der Waals surface area (Å²) in [6.45, 7) is 2.16. The maximum atomic E-state index is 11.9. The smallest absolute Gasteiger partial charge is 0.223 e. The molecule has 1 amide bonds. The van der Waals surface area contributed by atoms with E-state index in [4.69, 9.17) is 0 Å². The highest BCUT2D eigenvalue weighted by Gasteiger charge is 2.47. The third-order valence-electron chi connectivity index (χ3n) is 4.45. The van der Waals surface area contributed by atoms with Crippen molar-refractivity contribution in [2.24, 2.45) is 0 Å². The van der Waals surface area contributed by atoms with Gasteiger partial charge in [0, 0.05) is 29.0 Å². The minimum absolute atomic E-state index is 0.00894. The van der Waals surface area contributed by atoms with Gasteiger partial charge in [0.15, 0.2) is 0 Å². The van der Waals surface area contributed by atoms with Gasteiger partial charge in [-0.25, -0.2) is 8.42 Å². The Bertz CT molecular complexity index is 670. The zero-order chi connectivity index (χ0) is 14.5. The number of carbonyl (C=O) groups is 1. The first kappa shape index (κ1) is 14.1. The van der Waals surface area contributed by atoms with Gasteiger partial charge in [-0.15, -0.1) is 0 Å². The van der Waals surface area contributed by atoms with Crippen LogP contribution in [0, 0.1) is 0 Å². The molecule has 2 aliphatic heterocycles. The summed E-state index contributed by atoms with van der Waals surface area (Å²) < 4.78 is 24.3. The summed E-state index contributed by atoms with van der Waals surface area (Å²) in [6.07, 6.45) is 1.21. The van der Waals surface area contributed by atoms with Crippen LogP contribution >= 0.6 is 15.9 Å². The van der Waals surface area contributed by atoms with E-state index in [2.05, 4.69) is 15.9 Å². The second-order valence-corrected chi connectivity index (χ2v) is 8.92. The third-order valence-corrected chi connectivity index (χ3v) is 6.59. The lowest BCUT2D eigenvalue weighted by molar-refractivity contribution is -0.116. The van der Waals surface area contributed by atoms with Crippen molar-refractivity contribution in [2.75, 3.05) is 23.0 Å². The Morgan fingerprint density at radius 3 is 2.55 bits per heavy atom. The van der Waals surface area contributed by atoms with E-state index >= 15 is 0 Å². The van der Waals surface area contributed by atoms with Crippen LogP contribution < -0.4 is 4.90 Å². The highest BCUT2D eigenvalue weighted by Crippen LogP contribution is 2.48. The molecule has 0 unspecified atom stereocenters. The van der Waals surface area contributed by atoms with E-state index in [1.165, 1.54) is 0 Å². The fourth-order valence-corrected chi connectivity index (χ4v) is 5.24. The van der Waals surface area contributed by atoms with Gasteiger partial charge >= 0.3 is 0 Å². The Morgan fingerprint density at radius 2 is 1.95 bits per heavy atom. The number of fused-ring (bicyclic) bond motifs is 2. The van der Waals surface area contributed by atoms with E-state index in [1.54, 1.807) is 11.8 Å². The normalized spacial score (nSPS) is 22.8. The number of benzene rings is 1. The number of sulfone groups is 1. The Labute approximate surface area is 127 Å². The number of anilines is 1. The average Bonchev–Trinajstić information content (AvgIpc) is 2.68. The summed E-state index contributed by atoms with van der Waals surface area (Å²) >= 11 is 3.44. The molecule has 20 heavy (non-hydrogen) atoms. The molecule has 1 saturated heterocycles. The van der Waals surface area contributed by atoms with Crippen molar-refractivity contribution < 1.29 is 13.2 Å².